The Bertz CT molecular complexity index is 699. The van der Waals surface area contributed by atoms with Crippen LogP contribution >= 0.6 is 27.5 Å². The van der Waals surface area contributed by atoms with Crippen LogP contribution in [0.2, 0.25) is 0 Å². The van der Waals surface area contributed by atoms with Crippen molar-refractivity contribution < 1.29 is 18.0 Å². The molecule has 1 saturated heterocycles. The van der Waals surface area contributed by atoms with Gasteiger partial charge in [-0.1, -0.05) is 35.5 Å². The zero-order valence-corrected chi connectivity index (χ0v) is 19.9. The van der Waals surface area contributed by atoms with E-state index in [1.165, 1.54) is 0 Å². The first-order valence-corrected chi connectivity index (χ1v) is 11.1. The molecule has 0 unspecified atom stereocenters. The molecule has 1 rings (SSSR count). The number of rotatable bonds is 9. The van der Waals surface area contributed by atoms with E-state index in [-0.39, 0.29) is 19.0 Å². The molecule has 1 aliphatic heterocycles. The van der Waals surface area contributed by atoms with E-state index in [0.717, 1.165) is 27.2 Å². The van der Waals surface area contributed by atoms with E-state index in [0.29, 0.717) is 26.2 Å². The Hall–Kier alpha value is -1.48. The number of likely N-dealkylation sites (N-methyl/N-ethyl adjacent to an activating group) is 1. The lowest BCUT2D eigenvalue weighted by atomic mass is 10.1. The molecule has 10 heteroatoms. The number of hydrazone groups is 1. The fourth-order valence-electron chi connectivity index (χ4n) is 2.94. The third-order valence-electron chi connectivity index (χ3n) is 4.74. The molecule has 0 saturated carbocycles. The Morgan fingerprint density at radius 2 is 1.80 bits per heavy atom. The van der Waals surface area contributed by atoms with Crippen molar-refractivity contribution in [1.82, 2.24) is 14.8 Å². The first-order valence-electron chi connectivity index (χ1n) is 9.74. The molecule has 0 radical (unpaired) electrons. The van der Waals surface area contributed by atoms with E-state index in [1.54, 1.807) is 17.9 Å². The van der Waals surface area contributed by atoms with Gasteiger partial charge in [0.05, 0.1) is 5.88 Å². The third-order valence-corrected chi connectivity index (χ3v) is 5.94. The normalized spacial score (nSPS) is 17.1. The van der Waals surface area contributed by atoms with Crippen molar-refractivity contribution in [2.45, 2.75) is 33.4 Å². The van der Waals surface area contributed by atoms with Crippen molar-refractivity contribution in [3.8, 4) is 0 Å². The summed E-state index contributed by atoms with van der Waals surface area (Å²) in [5.41, 5.74) is 1.13. The van der Waals surface area contributed by atoms with Crippen molar-refractivity contribution in [3.05, 3.63) is 34.5 Å². The van der Waals surface area contributed by atoms with Gasteiger partial charge in [0.1, 0.15) is 6.54 Å². The van der Waals surface area contributed by atoms with Gasteiger partial charge in [-0.2, -0.15) is 18.3 Å². The number of hydrogen-bond acceptors (Lipinski definition) is 4. The van der Waals surface area contributed by atoms with Crippen molar-refractivity contribution in [3.63, 3.8) is 0 Å². The minimum atomic E-state index is -4.61. The van der Waals surface area contributed by atoms with Gasteiger partial charge in [0.2, 0.25) is 5.91 Å². The Kier molecular flexibility index (Phi) is 11.0. The quantitative estimate of drug-likeness (QED) is 0.193. The molecule has 170 valence electrons. The van der Waals surface area contributed by atoms with Gasteiger partial charge in [-0.05, 0) is 31.9 Å². The summed E-state index contributed by atoms with van der Waals surface area (Å²) >= 11 is 8.84. The Morgan fingerprint density at radius 3 is 2.23 bits per heavy atom. The van der Waals surface area contributed by atoms with Gasteiger partial charge in [0.25, 0.3) is 0 Å². The van der Waals surface area contributed by atoms with Crippen LogP contribution in [0.5, 0.6) is 0 Å². The maximum absolute atomic E-state index is 12.9. The van der Waals surface area contributed by atoms with Crippen LogP contribution in [0.4, 0.5) is 13.2 Å². The SMILES string of the molecule is C=C/C(Br)=C(C)\C=C(/CC)N1CCN(C(=O)CN(CC)/N=C(\CCl)C(F)(F)F)CC1. The minimum absolute atomic E-state index is 0.175. The second kappa shape index (κ2) is 12.4. The zero-order chi connectivity index (χ0) is 22.9. The van der Waals surface area contributed by atoms with Crippen LogP contribution in [0.3, 0.4) is 0 Å². The Morgan fingerprint density at radius 1 is 1.23 bits per heavy atom. The Balaban J connectivity index is 2.76. The molecule has 0 aromatic rings. The van der Waals surface area contributed by atoms with E-state index in [9.17, 15) is 18.0 Å². The molecule has 30 heavy (non-hydrogen) atoms. The maximum atomic E-state index is 12.9. The second-order valence-electron chi connectivity index (χ2n) is 6.75. The molecule has 0 N–H and O–H groups in total. The molecule has 0 aromatic carbocycles. The fourth-order valence-corrected chi connectivity index (χ4v) is 3.26. The standard InChI is InChI=1S/C20H29BrClF3N4O/c1-5-16(12-15(4)17(21)6-2)27-8-10-28(11-9-27)19(30)14-29(7-3)26-18(13-22)20(23,24)25/h6,12H,2,5,7-11,13-14H2,1,3-4H3/b16-12+,17-15+,26-18+. The average Bonchev–Trinajstić information content (AvgIpc) is 2.73. The number of piperazine rings is 1. The van der Waals surface area contributed by atoms with E-state index >= 15 is 0 Å². The monoisotopic (exact) mass is 512 g/mol. The summed E-state index contributed by atoms with van der Waals surface area (Å²) in [4.78, 5) is 16.5. The lowest BCUT2D eigenvalue weighted by molar-refractivity contribution is -0.134. The summed E-state index contributed by atoms with van der Waals surface area (Å²) in [7, 11) is 0. The molecule has 0 bridgehead atoms. The lowest BCUT2D eigenvalue weighted by Crippen LogP contribution is -2.50. The van der Waals surface area contributed by atoms with Crippen LogP contribution in [0.25, 0.3) is 0 Å². The highest BCUT2D eigenvalue weighted by Crippen LogP contribution is 2.21. The van der Waals surface area contributed by atoms with Gasteiger partial charge in [-0.15, -0.1) is 11.6 Å². The number of nitrogens with zero attached hydrogens (tertiary/aromatic N) is 4. The number of amides is 1. The van der Waals surface area contributed by atoms with Gasteiger partial charge in [0, 0.05) is 42.9 Å². The van der Waals surface area contributed by atoms with E-state index in [2.05, 4.69) is 45.5 Å². The van der Waals surface area contributed by atoms with Crippen molar-refractivity contribution in [2.24, 2.45) is 5.10 Å². The second-order valence-corrected chi connectivity index (χ2v) is 7.87. The number of halogens is 5. The maximum Gasteiger partial charge on any atom is 0.432 e. The summed E-state index contributed by atoms with van der Waals surface area (Å²) in [6.45, 7) is 11.8. The molecule has 0 spiro atoms. The molecule has 1 amide bonds. The van der Waals surface area contributed by atoms with Crippen LogP contribution in [-0.4, -0.2) is 77.8 Å². The highest BCUT2D eigenvalue weighted by atomic mass is 79.9. The van der Waals surface area contributed by atoms with Gasteiger partial charge >= 0.3 is 6.18 Å². The number of allylic oxidation sites excluding steroid dienone is 5. The molecule has 1 aliphatic rings. The van der Waals surface area contributed by atoms with Gasteiger partial charge in [-0.25, -0.2) is 0 Å². The highest BCUT2D eigenvalue weighted by molar-refractivity contribution is 9.11. The molecular weight excluding hydrogens is 485 g/mol. The summed E-state index contributed by atoms with van der Waals surface area (Å²) in [5.74, 6) is -1.00. The molecule has 1 fully saturated rings. The summed E-state index contributed by atoms with van der Waals surface area (Å²) in [6, 6.07) is 0. The molecule has 0 aliphatic carbocycles. The average molecular weight is 514 g/mol. The first kappa shape index (κ1) is 26.6. The van der Waals surface area contributed by atoms with Gasteiger partial charge < -0.3 is 9.80 Å². The molecule has 5 nitrogen and oxygen atoms in total. The summed E-state index contributed by atoms with van der Waals surface area (Å²) in [6.07, 6.45) is 0.0767. The molecule has 1 heterocycles. The number of alkyl halides is 4. The summed E-state index contributed by atoms with van der Waals surface area (Å²) < 4.78 is 39.5. The lowest BCUT2D eigenvalue weighted by Gasteiger charge is -2.38. The van der Waals surface area contributed by atoms with Crippen LogP contribution in [0.1, 0.15) is 27.2 Å². The number of hydrogen-bond donors (Lipinski definition) is 0. The first-order chi connectivity index (χ1) is 14.1. The molecular formula is C20H29BrClF3N4O. The predicted octanol–water partition coefficient (Wildman–Crippen LogP) is 4.76. The summed E-state index contributed by atoms with van der Waals surface area (Å²) in [5, 5.41) is 4.65. The van der Waals surface area contributed by atoms with Crippen LogP contribution in [0, 0.1) is 0 Å². The van der Waals surface area contributed by atoms with Crippen LogP contribution in [-0.2, 0) is 4.79 Å². The van der Waals surface area contributed by atoms with Crippen molar-refractivity contribution in [1.29, 1.82) is 0 Å². The van der Waals surface area contributed by atoms with Gasteiger partial charge in [0.15, 0.2) is 5.71 Å². The van der Waals surface area contributed by atoms with Crippen LogP contribution in [0.15, 0.2) is 39.6 Å². The highest BCUT2D eigenvalue weighted by Gasteiger charge is 2.36. The van der Waals surface area contributed by atoms with E-state index in [1.807, 2.05) is 6.92 Å². The number of carbonyl (C=O) groups excluding carboxylic acids is 1. The topological polar surface area (TPSA) is 39.1 Å². The van der Waals surface area contributed by atoms with E-state index < -0.39 is 17.8 Å². The molecule has 0 aromatic heterocycles. The molecule has 0 atom stereocenters. The van der Waals surface area contributed by atoms with Crippen molar-refractivity contribution >= 4 is 39.1 Å². The minimum Gasteiger partial charge on any atom is -0.371 e. The number of carbonyl (C=O) groups is 1. The smallest absolute Gasteiger partial charge is 0.371 e. The van der Waals surface area contributed by atoms with Gasteiger partial charge in [-0.3, -0.25) is 9.80 Å². The fraction of sp³-hybridized carbons (Fsp3) is 0.600. The zero-order valence-electron chi connectivity index (χ0n) is 17.6. The largest absolute Gasteiger partial charge is 0.432 e. The van der Waals surface area contributed by atoms with E-state index in [4.69, 9.17) is 11.6 Å². The Labute approximate surface area is 190 Å². The third kappa shape index (κ3) is 7.98. The predicted molar refractivity (Wildman–Crippen MR) is 120 cm³/mol. The van der Waals surface area contributed by atoms with Crippen LogP contribution < -0.4 is 0 Å². The van der Waals surface area contributed by atoms with Crippen molar-refractivity contribution in [2.75, 3.05) is 45.1 Å².